The largest absolute Gasteiger partial charge is 0.414 e. The van der Waals surface area contributed by atoms with Gasteiger partial charge in [-0.15, -0.1) is 0 Å². The van der Waals surface area contributed by atoms with Gasteiger partial charge < -0.3 is 28.2 Å². The van der Waals surface area contributed by atoms with Crippen LogP contribution in [0.5, 0.6) is 0 Å². The second-order valence-electron chi connectivity index (χ2n) is 21.6. The Morgan fingerprint density at radius 2 is 1.55 bits per heavy atom. The van der Waals surface area contributed by atoms with E-state index >= 15 is 0 Å². The molecular weight excluding hydrogens is 669 g/mol. The van der Waals surface area contributed by atoms with Crippen molar-refractivity contribution in [3.63, 3.8) is 0 Å². The van der Waals surface area contributed by atoms with Crippen LogP contribution >= 0.6 is 0 Å². The summed E-state index contributed by atoms with van der Waals surface area (Å²) in [5.41, 5.74) is 1.12. The van der Waals surface area contributed by atoms with Gasteiger partial charge in [0.15, 0.2) is 16.6 Å². The molecule has 0 spiro atoms. The van der Waals surface area contributed by atoms with Crippen molar-refractivity contribution in [2.75, 3.05) is 27.1 Å². The van der Waals surface area contributed by atoms with Gasteiger partial charge in [-0.25, -0.2) is 0 Å². The van der Waals surface area contributed by atoms with Crippen LogP contribution in [0.3, 0.4) is 0 Å². The SMILES string of the molecule is COCCOCO[C@@H]1C[C@]2(C)[C@@H]([C@H](C)CC[C@@H](O[Si](C)(C)C(C)(C)C)C(C)(C)O)CC[C@H]2[C@@H]2CC=C3C[C@@H](O[Si](C)(C)C(C)(C)C)CC[C@]3(C)[C@H]21. The first kappa shape index (κ1) is 43.7. The summed E-state index contributed by atoms with van der Waals surface area (Å²) in [7, 11) is -2.14. The smallest absolute Gasteiger partial charge is 0.192 e. The van der Waals surface area contributed by atoms with Crippen LogP contribution in [-0.2, 0) is 23.1 Å². The quantitative estimate of drug-likeness (QED) is 0.0778. The summed E-state index contributed by atoms with van der Waals surface area (Å²) in [6.45, 7) is 36.5. The Balaban J connectivity index is 1.56. The van der Waals surface area contributed by atoms with E-state index in [0.29, 0.717) is 55.7 Å². The summed E-state index contributed by atoms with van der Waals surface area (Å²) in [6.07, 6.45) is 13.3. The highest BCUT2D eigenvalue weighted by atomic mass is 28.4. The summed E-state index contributed by atoms with van der Waals surface area (Å²) in [4.78, 5) is 0. The predicted octanol–water partition coefficient (Wildman–Crippen LogP) is 11.1. The molecule has 1 N–H and O–H groups in total. The van der Waals surface area contributed by atoms with Gasteiger partial charge in [0, 0.05) is 13.2 Å². The third-order valence-electron chi connectivity index (χ3n) is 15.7. The van der Waals surface area contributed by atoms with Gasteiger partial charge >= 0.3 is 0 Å². The zero-order valence-electron chi connectivity index (χ0n) is 36.2. The van der Waals surface area contributed by atoms with E-state index < -0.39 is 22.2 Å². The van der Waals surface area contributed by atoms with Gasteiger partial charge in [0.05, 0.1) is 31.0 Å². The fourth-order valence-electron chi connectivity index (χ4n) is 10.6. The highest BCUT2D eigenvalue weighted by Gasteiger charge is 2.63. The van der Waals surface area contributed by atoms with Gasteiger partial charge in [-0.2, -0.15) is 0 Å². The van der Waals surface area contributed by atoms with Crippen molar-refractivity contribution >= 4 is 16.6 Å². The number of aliphatic hydroxyl groups is 1. The Morgan fingerprint density at radius 3 is 2.14 bits per heavy atom. The lowest BCUT2D eigenvalue weighted by atomic mass is 9.46. The fourth-order valence-corrected chi connectivity index (χ4v) is 13.4. The van der Waals surface area contributed by atoms with Crippen molar-refractivity contribution < 1.29 is 28.2 Å². The average Bonchev–Trinajstić information content (AvgIpc) is 3.34. The zero-order chi connectivity index (χ0) is 38.4. The summed E-state index contributed by atoms with van der Waals surface area (Å²) in [5, 5.41) is 11.6. The molecule has 298 valence electrons. The maximum absolute atomic E-state index is 11.3. The lowest BCUT2D eigenvalue weighted by Gasteiger charge is -2.61. The molecule has 0 amide bonds. The molecule has 3 saturated carbocycles. The van der Waals surface area contributed by atoms with Crippen molar-refractivity contribution in [1.29, 1.82) is 0 Å². The summed E-state index contributed by atoms with van der Waals surface area (Å²) >= 11 is 0. The van der Waals surface area contributed by atoms with Crippen LogP contribution in [0.4, 0.5) is 0 Å². The number of methoxy groups -OCH3 is 1. The Morgan fingerprint density at radius 1 is 0.902 bits per heavy atom. The van der Waals surface area contributed by atoms with Crippen molar-refractivity contribution in [3.8, 4) is 0 Å². The highest BCUT2D eigenvalue weighted by Crippen LogP contribution is 2.68. The summed E-state index contributed by atoms with van der Waals surface area (Å²) in [5.74, 6) is 3.01. The average molecular weight is 751 g/mol. The van der Waals surface area contributed by atoms with Crippen molar-refractivity contribution in [2.45, 2.75) is 194 Å². The number of fused-ring (bicyclic) bond motifs is 5. The first-order chi connectivity index (χ1) is 23.3. The molecule has 8 heteroatoms. The lowest BCUT2D eigenvalue weighted by molar-refractivity contribution is -0.189. The summed E-state index contributed by atoms with van der Waals surface area (Å²) in [6, 6.07) is 0. The van der Waals surface area contributed by atoms with E-state index in [2.05, 4.69) is 94.6 Å². The van der Waals surface area contributed by atoms with Crippen LogP contribution in [0.15, 0.2) is 11.6 Å². The normalized spacial score (nSPS) is 34.7. The van der Waals surface area contributed by atoms with Crippen LogP contribution in [0.1, 0.15) is 134 Å². The maximum Gasteiger partial charge on any atom is 0.192 e. The van der Waals surface area contributed by atoms with Crippen LogP contribution in [0.25, 0.3) is 0 Å². The van der Waals surface area contributed by atoms with Gasteiger partial charge in [0.2, 0.25) is 0 Å². The van der Waals surface area contributed by atoms with E-state index in [1.54, 1.807) is 12.7 Å². The molecular formula is C43H82O6Si2. The van der Waals surface area contributed by atoms with Gasteiger partial charge in [0.1, 0.15) is 6.79 Å². The standard InChI is InChI=1S/C43H82O6Si2/c1-30(17-22-37(41(8,9)44)49-51(15,16)40(5,6)7)34-20-21-35-33-19-18-31-27-32(48-50(13,14)39(2,3)4)23-24-42(31,10)38(33)36(28-43(34,35)11)47-29-46-26-25-45-12/h18,30,32-38,44H,17,19-29H2,1-16H3/t30-,32+,33+,34-,35+,36-,37-,38-,42+,43-/m1/s1. The molecule has 10 atom stereocenters. The van der Waals surface area contributed by atoms with Gasteiger partial charge in [0.25, 0.3) is 0 Å². The minimum atomic E-state index is -2.03. The minimum absolute atomic E-state index is 0.108. The predicted molar refractivity (Wildman–Crippen MR) is 217 cm³/mol. The van der Waals surface area contributed by atoms with E-state index in [4.69, 9.17) is 23.1 Å². The molecule has 0 saturated heterocycles. The number of rotatable bonds is 15. The van der Waals surface area contributed by atoms with Crippen LogP contribution < -0.4 is 0 Å². The van der Waals surface area contributed by atoms with E-state index in [1.807, 2.05) is 13.8 Å². The summed E-state index contributed by atoms with van der Waals surface area (Å²) < 4.78 is 32.1. The van der Waals surface area contributed by atoms with Crippen LogP contribution in [0, 0.1) is 40.4 Å². The van der Waals surface area contributed by atoms with Crippen LogP contribution in [-0.4, -0.2) is 72.8 Å². The van der Waals surface area contributed by atoms with E-state index in [0.717, 1.165) is 38.5 Å². The molecule has 51 heavy (non-hydrogen) atoms. The first-order valence-electron chi connectivity index (χ1n) is 20.7. The van der Waals surface area contributed by atoms with E-state index in [-0.39, 0.29) is 33.1 Å². The van der Waals surface area contributed by atoms with E-state index in [1.165, 1.54) is 19.3 Å². The van der Waals surface area contributed by atoms with Crippen molar-refractivity contribution in [1.82, 2.24) is 0 Å². The zero-order valence-corrected chi connectivity index (χ0v) is 38.2. The Hall–Kier alpha value is -0.0662. The molecule has 0 radical (unpaired) electrons. The molecule has 3 fully saturated rings. The lowest BCUT2D eigenvalue weighted by Crippen LogP contribution is -2.58. The monoisotopic (exact) mass is 751 g/mol. The molecule has 4 rings (SSSR count). The Bertz CT molecular complexity index is 1180. The van der Waals surface area contributed by atoms with Gasteiger partial charge in [-0.3, -0.25) is 0 Å². The highest BCUT2D eigenvalue weighted by molar-refractivity contribution is 6.74. The van der Waals surface area contributed by atoms with Gasteiger partial charge in [-0.05, 0) is 148 Å². The molecule has 4 aliphatic carbocycles. The Kier molecular flexibility index (Phi) is 13.5. The third-order valence-corrected chi connectivity index (χ3v) is 24.7. The second-order valence-corrected chi connectivity index (χ2v) is 31.1. The molecule has 6 nitrogen and oxygen atoms in total. The number of ether oxygens (including phenoxy) is 3. The molecule has 0 aliphatic heterocycles. The second kappa shape index (κ2) is 15.8. The molecule has 4 aliphatic rings. The maximum atomic E-state index is 11.3. The Labute approximate surface area is 317 Å². The molecule has 0 aromatic rings. The fraction of sp³-hybridized carbons (Fsp3) is 0.953. The molecule has 0 aromatic carbocycles. The molecule has 0 bridgehead atoms. The van der Waals surface area contributed by atoms with Gasteiger partial charge in [-0.1, -0.05) is 74.0 Å². The van der Waals surface area contributed by atoms with Crippen LogP contribution in [0.2, 0.25) is 36.3 Å². The first-order valence-corrected chi connectivity index (χ1v) is 26.6. The van der Waals surface area contributed by atoms with E-state index in [9.17, 15) is 5.11 Å². The molecule has 0 unspecified atom stereocenters. The number of hydrogen-bond donors (Lipinski definition) is 1. The minimum Gasteiger partial charge on any atom is -0.414 e. The number of hydrogen-bond acceptors (Lipinski definition) is 6. The molecule has 0 aromatic heterocycles. The van der Waals surface area contributed by atoms with Crippen molar-refractivity contribution in [3.05, 3.63) is 11.6 Å². The third kappa shape index (κ3) is 9.32. The number of allylic oxidation sites excluding steroid dienone is 1. The van der Waals surface area contributed by atoms with Crippen molar-refractivity contribution in [2.24, 2.45) is 40.4 Å². The topological polar surface area (TPSA) is 66.4 Å². The molecule has 0 heterocycles.